The minimum absolute atomic E-state index is 0.0632. The zero-order valence-corrected chi connectivity index (χ0v) is 11.1. The van der Waals surface area contributed by atoms with Gasteiger partial charge in [0, 0.05) is 6.54 Å². The molecule has 1 unspecified atom stereocenters. The fourth-order valence-corrected chi connectivity index (χ4v) is 1.70. The third-order valence-electron chi connectivity index (χ3n) is 2.38. The Labute approximate surface area is 108 Å². The molecule has 0 bridgehead atoms. The van der Waals surface area contributed by atoms with E-state index < -0.39 is 6.10 Å². The van der Waals surface area contributed by atoms with Gasteiger partial charge in [-0.1, -0.05) is 20.8 Å². The maximum absolute atomic E-state index is 9.87. The largest absolute Gasteiger partial charge is 0.397 e. The number of hydrogen-bond acceptors (Lipinski definition) is 5. The molecule has 0 aliphatic heterocycles. The van der Waals surface area contributed by atoms with Crippen LogP contribution in [0.15, 0.2) is 12.3 Å². The molecule has 1 aromatic heterocycles. The van der Waals surface area contributed by atoms with Gasteiger partial charge in [-0.3, -0.25) is 0 Å². The number of pyridine rings is 1. The average molecular weight is 248 g/mol. The first-order valence-corrected chi connectivity index (χ1v) is 5.89. The van der Waals surface area contributed by atoms with Gasteiger partial charge in [0.05, 0.1) is 23.6 Å². The Morgan fingerprint density at radius 1 is 1.56 bits per heavy atom. The predicted octanol–water partition coefficient (Wildman–Crippen LogP) is 1.74. The van der Waals surface area contributed by atoms with Crippen LogP contribution in [0.1, 0.15) is 32.8 Å². The molecule has 5 nitrogen and oxygen atoms in total. The van der Waals surface area contributed by atoms with Crippen LogP contribution in [0.25, 0.3) is 0 Å². The van der Waals surface area contributed by atoms with Gasteiger partial charge in [0.15, 0.2) is 0 Å². The Morgan fingerprint density at radius 2 is 2.22 bits per heavy atom. The molecule has 1 atom stereocenters. The SMILES string of the molecule is CC(C)(C)CC(O)CNc1ncc(N)cc1C#N. The summed E-state index contributed by atoms with van der Waals surface area (Å²) < 4.78 is 0. The molecule has 18 heavy (non-hydrogen) atoms. The van der Waals surface area contributed by atoms with Gasteiger partial charge in [-0.2, -0.15) is 5.26 Å². The van der Waals surface area contributed by atoms with Crippen LogP contribution in [0.5, 0.6) is 0 Å². The molecule has 0 saturated carbocycles. The number of anilines is 2. The highest BCUT2D eigenvalue weighted by atomic mass is 16.3. The minimum Gasteiger partial charge on any atom is -0.397 e. The molecular formula is C13H20N4O. The molecule has 5 heteroatoms. The number of nitrogens with two attached hydrogens (primary N) is 1. The van der Waals surface area contributed by atoms with Crippen LogP contribution in [0.2, 0.25) is 0 Å². The average Bonchev–Trinajstić information content (AvgIpc) is 2.24. The fourth-order valence-electron chi connectivity index (χ4n) is 1.70. The Morgan fingerprint density at radius 3 is 2.78 bits per heavy atom. The summed E-state index contributed by atoms with van der Waals surface area (Å²) in [5, 5.41) is 21.8. The topological polar surface area (TPSA) is 95.0 Å². The van der Waals surface area contributed by atoms with Gasteiger partial charge >= 0.3 is 0 Å². The zero-order chi connectivity index (χ0) is 13.8. The number of hydrogen-bond donors (Lipinski definition) is 3. The first kappa shape index (κ1) is 14.3. The molecular weight excluding hydrogens is 228 g/mol. The van der Waals surface area contributed by atoms with E-state index in [-0.39, 0.29) is 5.41 Å². The number of aliphatic hydroxyl groups excluding tert-OH is 1. The van der Waals surface area contributed by atoms with Crippen LogP contribution in [-0.2, 0) is 0 Å². The lowest BCUT2D eigenvalue weighted by atomic mass is 9.89. The maximum atomic E-state index is 9.87. The molecule has 0 radical (unpaired) electrons. The molecule has 0 spiro atoms. The molecule has 1 rings (SSSR count). The van der Waals surface area contributed by atoms with E-state index in [1.807, 2.05) is 6.07 Å². The Kier molecular flexibility index (Phi) is 4.51. The van der Waals surface area contributed by atoms with E-state index in [1.54, 1.807) is 6.07 Å². The van der Waals surface area contributed by atoms with E-state index in [0.717, 1.165) is 0 Å². The summed E-state index contributed by atoms with van der Waals surface area (Å²) in [5.41, 5.74) is 6.45. The van der Waals surface area contributed by atoms with Crippen LogP contribution >= 0.6 is 0 Å². The second kappa shape index (κ2) is 5.69. The number of nitrogens with one attached hydrogen (secondary N) is 1. The summed E-state index contributed by atoms with van der Waals surface area (Å²) in [6.45, 7) is 6.57. The molecule has 0 aliphatic carbocycles. The standard InChI is InChI=1S/C13H20N4O/c1-13(2,3)5-11(18)8-17-12-9(6-14)4-10(15)7-16-12/h4,7,11,18H,5,8,15H2,1-3H3,(H,16,17). The number of aliphatic hydroxyl groups is 1. The van der Waals surface area contributed by atoms with E-state index >= 15 is 0 Å². The third kappa shape index (κ3) is 4.60. The Hall–Kier alpha value is -1.80. The van der Waals surface area contributed by atoms with E-state index in [2.05, 4.69) is 31.1 Å². The quantitative estimate of drug-likeness (QED) is 0.754. The summed E-state index contributed by atoms with van der Waals surface area (Å²) in [6.07, 6.45) is 1.69. The van der Waals surface area contributed by atoms with Crippen molar-refractivity contribution >= 4 is 11.5 Å². The normalized spacial score (nSPS) is 12.8. The van der Waals surface area contributed by atoms with Gasteiger partial charge in [-0.15, -0.1) is 0 Å². The summed E-state index contributed by atoms with van der Waals surface area (Å²) in [4.78, 5) is 4.05. The lowest BCUT2D eigenvalue weighted by molar-refractivity contribution is 0.132. The van der Waals surface area contributed by atoms with Crippen molar-refractivity contribution in [1.29, 1.82) is 5.26 Å². The van der Waals surface area contributed by atoms with Crippen LogP contribution in [0.3, 0.4) is 0 Å². The predicted molar refractivity (Wildman–Crippen MR) is 71.9 cm³/mol. The minimum atomic E-state index is -0.476. The molecule has 0 aromatic carbocycles. The number of rotatable bonds is 4. The summed E-state index contributed by atoms with van der Waals surface area (Å²) >= 11 is 0. The number of nitrogen functional groups attached to an aromatic ring is 1. The lowest BCUT2D eigenvalue weighted by Gasteiger charge is -2.22. The highest BCUT2D eigenvalue weighted by molar-refractivity contribution is 5.57. The molecule has 1 heterocycles. The zero-order valence-electron chi connectivity index (χ0n) is 11.1. The monoisotopic (exact) mass is 248 g/mol. The molecule has 98 valence electrons. The van der Waals surface area contributed by atoms with Crippen LogP contribution in [0, 0.1) is 16.7 Å². The highest BCUT2D eigenvalue weighted by Crippen LogP contribution is 2.21. The number of aromatic nitrogens is 1. The Balaban J connectivity index is 2.62. The van der Waals surface area contributed by atoms with Crippen LogP contribution in [-0.4, -0.2) is 22.7 Å². The first-order valence-electron chi connectivity index (χ1n) is 5.89. The number of nitriles is 1. The summed E-state index contributed by atoms with van der Waals surface area (Å²) in [5.74, 6) is 0.458. The van der Waals surface area contributed by atoms with E-state index in [0.29, 0.717) is 30.0 Å². The summed E-state index contributed by atoms with van der Waals surface area (Å²) in [7, 11) is 0. The van der Waals surface area contributed by atoms with E-state index in [1.165, 1.54) is 6.20 Å². The van der Waals surface area contributed by atoms with Gasteiger partial charge < -0.3 is 16.2 Å². The van der Waals surface area contributed by atoms with Crippen molar-refractivity contribution in [2.45, 2.75) is 33.3 Å². The van der Waals surface area contributed by atoms with Crippen molar-refractivity contribution in [3.8, 4) is 6.07 Å². The van der Waals surface area contributed by atoms with E-state index in [9.17, 15) is 5.11 Å². The second-order valence-corrected chi connectivity index (χ2v) is 5.58. The van der Waals surface area contributed by atoms with Gasteiger partial charge in [-0.05, 0) is 17.9 Å². The van der Waals surface area contributed by atoms with Crippen molar-refractivity contribution in [3.05, 3.63) is 17.8 Å². The van der Waals surface area contributed by atoms with Crippen LogP contribution in [0.4, 0.5) is 11.5 Å². The van der Waals surface area contributed by atoms with Crippen molar-refractivity contribution in [2.75, 3.05) is 17.6 Å². The second-order valence-electron chi connectivity index (χ2n) is 5.58. The molecule has 0 fully saturated rings. The highest BCUT2D eigenvalue weighted by Gasteiger charge is 2.17. The van der Waals surface area contributed by atoms with Crippen molar-refractivity contribution in [2.24, 2.45) is 5.41 Å². The van der Waals surface area contributed by atoms with Crippen LogP contribution < -0.4 is 11.1 Å². The van der Waals surface area contributed by atoms with Crippen molar-refractivity contribution < 1.29 is 5.11 Å². The third-order valence-corrected chi connectivity index (χ3v) is 2.38. The van der Waals surface area contributed by atoms with Crippen molar-refractivity contribution in [3.63, 3.8) is 0 Å². The Bertz CT molecular complexity index is 445. The fraction of sp³-hybridized carbons (Fsp3) is 0.538. The first-order chi connectivity index (χ1) is 8.31. The number of nitrogens with zero attached hydrogens (tertiary/aromatic N) is 2. The lowest BCUT2D eigenvalue weighted by Crippen LogP contribution is -2.25. The molecule has 0 amide bonds. The molecule has 1 aromatic rings. The van der Waals surface area contributed by atoms with Gasteiger partial charge in [0.25, 0.3) is 0 Å². The van der Waals surface area contributed by atoms with Gasteiger partial charge in [-0.25, -0.2) is 4.98 Å². The molecule has 0 aliphatic rings. The molecule has 4 N–H and O–H groups in total. The van der Waals surface area contributed by atoms with Gasteiger partial charge in [0.1, 0.15) is 11.9 Å². The molecule has 0 saturated heterocycles. The summed E-state index contributed by atoms with van der Waals surface area (Å²) in [6, 6.07) is 3.58. The van der Waals surface area contributed by atoms with Crippen molar-refractivity contribution in [1.82, 2.24) is 4.98 Å². The van der Waals surface area contributed by atoms with E-state index in [4.69, 9.17) is 11.0 Å². The smallest absolute Gasteiger partial charge is 0.144 e. The van der Waals surface area contributed by atoms with Gasteiger partial charge in [0.2, 0.25) is 0 Å². The maximum Gasteiger partial charge on any atom is 0.144 e.